The van der Waals surface area contributed by atoms with Gasteiger partial charge in [0.2, 0.25) is 0 Å². The molecule has 2 heterocycles. The summed E-state index contributed by atoms with van der Waals surface area (Å²) in [6.07, 6.45) is 1.90. The quantitative estimate of drug-likeness (QED) is 0.662. The smallest absolute Gasteiger partial charge is 0.475 e. The van der Waals surface area contributed by atoms with Crippen LogP contribution >= 0.6 is 0 Å². The highest BCUT2D eigenvalue weighted by molar-refractivity contribution is 5.94. The molecule has 2 aliphatic rings. The predicted molar refractivity (Wildman–Crippen MR) is 110 cm³/mol. The van der Waals surface area contributed by atoms with Gasteiger partial charge in [-0.2, -0.15) is 13.2 Å². The van der Waals surface area contributed by atoms with Crippen LogP contribution in [-0.2, 0) is 16.1 Å². The monoisotopic (exact) mass is 468 g/mol. The standard InChI is InChI=1S/C21H23FN2O2.C2HF3O2/c22-19-5-3-17(4-6-19)20(25)24-12-18-2-1-9-21(18,14-24)15-26-13-16-7-10-23-11-8-16;3-2(4,5)1(6)7/h3-8,10-11,18H,1-2,9,12-15H2;(H,6,7)/t18-,21+;/m1./s1. The molecule has 178 valence electrons. The van der Waals surface area contributed by atoms with E-state index in [-0.39, 0.29) is 17.1 Å². The number of carbonyl (C=O) groups is 2. The SMILES string of the molecule is O=C(O)C(F)(F)F.O=C(c1ccc(F)cc1)N1C[C@H]2CCC[C@@]2(COCc2ccncc2)C1. The van der Waals surface area contributed by atoms with Crippen molar-refractivity contribution < 1.29 is 37.0 Å². The molecule has 33 heavy (non-hydrogen) atoms. The molecule has 1 aliphatic heterocycles. The number of halogens is 4. The number of aliphatic carboxylic acids is 1. The molecule has 1 N–H and O–H groups in total. The molecule has 0 bridgehead atoms. The second-order valence-corrected chi connectivity index (χ2v) is 8.30. The minimum atomic E-state index is -5.08. The summed E-state index contributed by atoms with van der Waals surface area (Å²) in [5, 5.41) is 7.12. The number of rotatable bonds is 5. The highest BCUT2D eigenvalue weighted by atomic mass is 19.4. The number of ether oxygens (including phenoxy) is 1. The third-order valence-corrected chi connectivity index (χ3v) is 6.07. The summed E-state index contributed by atoms with van der Waals surface area (Å²) < 4.78 is 50.9. The van der Waals surface area contributed by atoms with Crippen molar-refractivity contribution in [3.05, 3.63) is 65.7 Å². The second kappa shape index (κ2) is 10.3. The lowest BCUT2D eigenvalue weighted by Gasteiger charge is -2.28. The first kappa shape index (κ1) is 24.6. The van der Waals surface area contributed by atoms with E-state index in [9.17, 15) is 22.4 Å². The van der Waals surface area contributed by atoms with Gasteiger partial charge in [-0.25, -0.2) is 9.18 Å². The molecule has 1 aromatic heterocycles. The fourth-order valence-corrected chi connectivity index (χ4v) is 4.43. The first-order valence-electron chi connectivity index (χ1n) is 10.4. The Morgan fingerprint density at radius 2 is 1.79 bits per heavy atom. The minimum Gasteiger partial charge on any atom is -0.475 e. The number of pyridine rings is 1. The van der Waals surface area contributed by atoms with Crippen LogP contribution in [0, 0.1) is 17.2 Å². The molecule has 0 unspecified atom stereocenters. The van der Waals surface area contributed by atoms with Gasteiger partial charge in [-0.15, -0.1) is 0 Å². The van der Waals surface area contributed by atoms with Gasteiger partial charge in [0.1, 0.15) is 5.82 Å². The summed E-state index contributed by atoms with van der Waals surface area (Å²) in [5.74, 6) is -2.59. The van der Waals surface area contributed by atoms with Crippen molar-refractivity contribution in [2.45, 2.75) is 32.0 Å². The van der Waals surface area contributed by atoms with E-state index in [2.05, 4.69) is 4.98 Å². The third-order valence-electron chi connectivity index (χ3n) is 6.07. The maximum atomic E-state index is 13.1. The van der Waals surface area contributed by atoms with Crippen LogP contribution in [-0.4, -0.2) is 52.7 Å². The highest BCUT2D eigenvalue weighted by Crippen LogP contribution is 2.49. The van der Waals surface area contributed by atoms with E-state index in [0.29, 0.717) is 24.7 Å². The Balaban J connectivity index is 0.000000383. The lowest BCUT2D eigenvalue weighted by molar-refractivity contribution is -0.192. The Morgan fingerprint density at radius 3 is 2.39 bits per heavy atom. The number of fused-ring (bicyclic) bond motifs is 1. The van der Waals surface area contributed by atoms with Gasteiger partial charge < -0.3 is 14.7 Å². The van der Waals surface area contributed by atoms with Crippen LogP contribution in [0.3, 0.4) is 0 Å². The Kier molecular flexibility index (Phi) is 7.68. The van der Waals surface area contributed by atoms with Gasteiger partial charge >= 0.3 is 12.1 Å². The Hall–Kier alpha value is -3.01. The molecule has 1 amide bonds. The number of amides is 1. The summed E-state index contributed by atoms with van der Waals surface area (Å²) >= 11 is 0. The lowest BCUT2D eigenvalue weighted by atomic mass is 9.81. The first-order valence-corrected chi connectivity index (χ1v) is 10.4. The van der Waals surface area contributed by atoms with E-state index < -0.39 is 12.1 Å². The summed E-state index contributed by atoms with van der Waals surface area (Å²) in [5.41, 5.74) is 1.73. The summed E-state index contributed by atoms with van der Waals surface area (Å²) in [4.78, 5) is 27.6. The molecule has 2 fully saturated rings. The second-order valence-electron chi connectivity index (χ2n) is 8.30. The largest absolute Gasteiger partial charge is 0.490 e. The van der Waals surface area contributed by atoms with E-state index in [1.165, 1.54) is 18.6 Å². The molecule has 2 aromatic rings. The van der Waals surface area contributed by atoms with Crippen molar-refractivity contribution in [1.29, 1.82) is 0 Å². The normalized spacial score (nSPS) is 21.8. The molecule has 4 rings (SSSR count). The van der Waals surface area contributed by atoms with Gasteiger partial charge in [0.15, 0.2) is 0 Å². The average molecular weight is 468 g/mol. The zero-order valence-corrected chi connectivity index (χ0v) is 17.7. The number of nitrogens with zero attached hydrogens (tertiary/aromatic N) is 2. The number of carbonyl (C=O) groups excluding carboxylic acids is 1. The van der Waals surface area contributed by atoms with Gasteiger partial charge in [-0.1, -0.05) is 6.42 Å². The molecule has 0 spiro atoms. The molecule has 1 saturated carbocycles. The summed E-state index contributed by atoms with van der Waals surface area (Å²) in [7, 11) is 0. The van der Waals surface area contributed by atoms with E-state index in [0.717, 1.165) is 31.5 Å². The maximum absolute atomic E-state index is 13.1. The zero-order valence-electron chi connectivity index (χ0n) is 17.7. The summed E-state index contributed by atoms with van der Waals surface area (Å²) in [6, 6.07) is 9.75. The van der Waals surface area contributed by atoms with Crippen LogP contribution < -0.4 is 0 Å². The Labute approximate surface area is 188 Å². The zero-order chi connectivity index (χ0) is 24.1. The van der Waals surface area contributed by atoms with Gasteiger partial charge in [-0.05, 0) is 60.7 Å². The van der Waals surface area contributed by atoms with Gasteiger partial charge in [-0.3, -0.25) is 9.78 Å². The van der Waals surface area contributed by atoms with E-state index in [4.69, 9.17) is 14.6 Å². The van der Waals surface area contributed by atoms with Gasteiger partial charge in [0, 0.05) is 36.5 Å². The lowest BCUT2D eigenvalue weighted by Crippen LogP contribution is -2.34. The number of hydrogen-bond donors (Lipinski definition) is 1. The van der Waals surface area contributed by atoms with Crippen molar-refractivity contribution in [1.82, 2.24) is 9.88 Å². The number of carboxylic acids is 1. The maximum Gasteiger partial charge on any atom is 0.490 e. The molecule has 2 atom stereocenters. The predicted octanol–water partition coefficient (Wildman–Crippen LogP) is 4.31. The number of benzene rings is 1. The Morgan fingerprint density at radius 1 is 1.15 bits per heavy atom. The molecule has 1 aliphatic carbocycles. The molecular weight excluding hydrogens is 444 g/mol. The average Bonchev–Trinajstić information content (AvgIpc) is 3.32. The van der Waals surface area contributed by atoms with Crippen LogP contribution in [0.2, 0.25) is 0 Å². The minimum absolute atomic E-state index is 0.00657. The molecule has 0 radical (unpaired) electrons. The van der Waals surface area contributed by atoms with Crippen molar-refractivity contribution in [2.24, 2.45) is 11.3 Å². The van der Waals surface area contributed by atoms with E-state index in [1.54, 1.807) is 24.5 Å². The molecular formula is C23H24F4N2O4. The number of hydrogen-bond acceptors (Lipinski definition) is 4. The number of carboxylic acid groups (broad SMARTS) is 1. The molecule has 10 heteroatoms. The van der Waals surface area contributed by atoms with Crippen molar-refractivity contribution >= 4 is 11.9 Å². The van der Waals surface area contributed by atoms with Crippen molar-refractivity contribution in [2.75, 3.05) is 19.7 Å². The van der Waals surface area contributed by atoms with Crippen molar-refractivity contribution in [3.63, 3.8) is 0 Å². The van der Waals surface area contributed by atoms with Crippen LogP contribution in [0.5, 0.6) is 0 Å². The molecule has 6 nitrogen and oxygen atoms in total. The highest BCUT2D eigenvalue weighted by Gasteiger charge is 2.50. The van der Waals surface area contributed by atoms with Crippen LogP contribution in [0.4, 0.5) is 17.6 Å². The van der Waals surface area contributed by atoms with E-state index in [1.807, 2.05) is 17.0 Å². The fourth-order valence-electron chi connectivity index (χ4n) is 4.43. The third kappa shape index (κ3) is 6.28. The number of likely N-dealkylation sites (tertiary alicyclic amines) is 1. The van der Waals surface area contributed by atoms with Gasteiger partial charge in [0.05, 0.1) is 13.2 Å². The van der Waals surface area contributed by atoms with E-state index >= 15 is 0 Å². The van der Waals surface area contributed by atoms with Gasteiger partial charge in [0.25, 0.3) is 5.91 Å². The van der Waals surface area contributed by atoms with Crippen LogP contribution in [0.25, 0.3) is 0 Å². The summed E-state index contributed by atoms with van der Waals surface area (Å²) in [6.45, 7) is 2.75. The number of alkyl halides is 3. The first-order chi connectivity index (χ1) is 15.6. The van der Waals surface area contributed by atoms with Crippen LogP contribution in [0.15, 0.2) is 48.8 Å². The molecule has 1 saturated heterocycles. The fraction of sp³-hybridized carbons (Fsp3) is 0.435. The van der Waals surface area contributed by atoms with Crippen LogP contribution in [0.1, 0.15) is 35.2 Å². The Bertz CT molecular complexity index is 953. The molecule has 1 aromatic carbocycles. The van der Waals surface area contributed by atoms with Crippen molar-refractivity contribution in [3.8, 4) is 0 Å². The number of aromatic nitrogens is 1. The topological polar surface area (TPSA) is 79.7 Å².